The van der Waals surface area contributed by atoms with E-state index < -0.39 is 0 Å². The van der Waals surface area contributed by atoms with Gasteiger partial charge in [-0.2, -0.15) is 0 Å². The summed E-state index contributed by atoms with van der Waals surface area (Å²) in [4.78, 5) is 2.28. The topological polar surface area (TPSA) is 12.5 Å². The van der Waals surface area contributed by atoms with E-state index in [0.717, 1.165) is 26.1 Å². The third-order valence-corrected chi connectivity index (χ3v) is 2.70. The van der Waals surface area contributed by atoms with Crippen molar-refractivity contribution in [3.63, 3.8) is 0 Å². The molecule has 0 aromatic heterocycles. The number of rotatable bonds is 9. The number of ether oxygens (including phenoxy) is 1. The Bertz CT molecular complexity index is 233. The lowest BCUT2D eigenvalue weighted by molar-refractivity contribution is 0.159. The van der Waals surface area contributed by atoms with Crippen LogP contribution in [0.5, 0.6) is 0 Å². The van der Waals surface area contributed by atoms with Gasteiger partial charge in [-0.1, -0.05) is 43.9 Å². The minimum Gasteiger partial charge on any atom is -0.383 e. The average Bonchev–Trinajstić information content (AvgIpc) is 2.30. The van der Waals surface area contributed by atoms with Gasteiger partial charge >= 0.3 is 0 Å². The molecule has 1 atom stereocenters. The van der Waals surface area contributed by atoms with Crippen LogP contribution >= 0.6 is 0 Å². The smallest absolute Gasteiger partial charge is 0.0589 e. The first kappa shape index (κ1) is 15.1. The molecule has 0 spiro atoms. The standard InChI is InChI=1S/C14H25NO/c1-6-7-8-13(2)14(3)9-10-15(4)11-12-16-5/h6-8,14H,1-2,9-12H2,3-5H3/b8-7-. The minimum atomic E-state index is 0.515. The maximum Gasteiger partial charge on any atom is 0.0589 e. The van der Waals surface area contributed by atoms with Crippen LogP contribution in [-0.4, -0.2) is 38.8 Å². The molecule has 92 valence electrons. The number of nitrogens with zero attached hydrogens (tertiary/aromatic N) is 1. The van der Waals surface area contributed by atoms with Crippen molar-refractivity contribution < 1.29 is 4.74 Å². The number of likely N-dealkylation sites (N-methyl/N-ethyl adjacent to an activating group) is 1. The van der Waals surface area contributed by atoms with E-state index in [2.05, 4.69) is 32.0 Å². The SMILES string of the molecule is C=C/C=C\C(=C)C(C)CCN(C)CCOC. The molecule has 0 radical (unpaired) electrons. The molecule has 0 aliphatic rings. The molecule has 0 saturated carbocycles. The van der Waals surface area contributed by atoms with Crippen LogP contribution < -0.4 is 0 Å². The van der Waals surface area contributed by atoms with Crippen molar-refractivity contribution in [3.8, 4) is 0 Å². The third-order valence-electron chi connectivity index (χ3n) is 2.70. The third kappa shape index (κ3) is 7.43. The molecule has 0 aromatic rings. The zero-order chi connectivity index (χ0) is 12.4. The van der Waals surface area contributed by atoms with Crippen molar-refractivity contribution in [1.82, 2.24) is 4.90 Å². The van der Waals surface area contributed by atoms with Crippen LogP contribution in [0.1, 0.15) is 13.3 Å². The van der Waals surface area contributed by atoms with E-state index in [9.17, 15) is 0 Å². The number of allylic oxidation sites excluding steroid dienone is 4. The lowest BCUT2D eigenvalue weighted by Gasteiger charge is -2.19. The highest BCUT2D eigenvalue weighted by Crippen LogP contribution is 2.14. The van der Waals surface area contributed by atoms with Crippen molar-refractivity contribution in [2.24, 2.45) is 5.92 Å². The Labute approximate surface area is 100 Å². The maximum atomic E-state index is 5.04. The minimum absolute atomic E-state index is 0.515. The van der Waals surface area contributed by atoms with Gasteiger partial charge < -0.3 is 9.64 Å². The van der Waals surface area contributed by atoms with E-state index >= 15 is 0 Å². The molecular weight excluding hydrogens is 198 g/mol. The van der Waals surface area contributed by atoms with Gasteiger partial charge in [0.1, 0.15) is 0 Å². The van der Waals surface area contributed by atoms with Crippen molar-refractivity contribution in [3.05, 3.63) is 37.0 Å². The number of hydrogen-bond acceptors (Lipinski definition) is 2. The van der Waals surface area contributed by atoms with Gasteiger partial charge in [-0.25, -0.2) is 0 Å². The fraction of sp³-hybridized carbons (Fsp3) is 0.571. The van der Waals surface area contributed by atoms with Crippen LogP contribution in [0.2, 0.25) is 0 Å². The fourth-order valence-electron chi connectivity index (χ4n) is 1.31. The van der Waals surface area contributed by atoms with Crippen molar-refractivity contribution >= 4 is 0 Å². The summed E-state index contributed by atoms with van der Waals surface area (Å²) in [6.45, 7) is 12.8. The van der Waals surface area contributed by atoms with Crippen LogP contribution in [0, 0.1) is 5.92 Å². The second-order valence-electron chi connectivity index (χ2n) is 4.16. The van der Waals surface area contributed by atoms with Crippen LogP contribution in [0.25, 0.3) is 0 Å². The fourth-order valence-corrected chi connectivity index (χ4v) is 1.31. The molecular formula is C14H25NO. The van der Waals surface area contributed by atoms with Gasteiger partial charge in [0.2, 0.25) is 0 Å². The summed E-state index contributed by atoms with van der Waals surface area (Å²) in [6, 6.07) is 0. The molecule has 0 N–H and O–H groups in total. The van der Waals surface area contributed by atoms with E-state index in [-0.39, 0.29) is 0 Å². The molecule has 2 heteroatoms. The van der Waals surface area contributed by atoms with E-state index in [1.54, 1.807) is 13.2 Å². The molecule has 1 unspecified atom stereocenters. The molecule has 0 rings (SSSR count). The maximum absolute atomic E-state index is 5.04. The number of hydrogen-bond donors (Lipinski definition) is 0. The molecule has 0 bridgehead atoms. The Morgan fingerprint density at radius 1 is 1.44 bits per heavy atom. The van der Waals surface area contributed by atoms with E-state index in [0.29, 0.717) is 5.92 Å². The summed E-state index contributed by atoms with van der Waals surface area (Å²) in [5, 5.41) is 0. The van der Waals surface area contributed by atoms with Crippen molar-refractivity contribution in [2.75, 3.05) is 33.9 Å². The molecule has 0 saturated heterocycles. The quantitative estimate of drug-likeness (QED) is 0.557. The van der Waals surface area contributed by atoms with Crippen molar-refractivity contribution in [1.29, 1.82) is 0 Å². The first-order valence-corrected chi connectivity index (χ1v) is 5.77. The largest absolute Gasteiger partial charge is 0.383 e. The molecule has 16 heavy (non-hydrogen) atoms. The van der Waals surface area contributed by atoms with E-state index in [4.69, 9.17) is 4.74 Å². The zero-order valence-corrected chi connectivity index (χ0v) is 10.9. The van der Waals surface area contributed by atoms with Gasteiger partial charge in [0.15, 0.2) is 0 Å². The lowest BCUT2D eigenvalue weighted by atomic mass is 9.98. The van der Waals surface area contributed by atoms with Gasteiger partial charge in [-0.15, -0.1) is 0 Å². The molecule has 0 heterocycles. The van der Waals surface area contributed by atoms with Gasteiger partial charge in [-0.05, 0) is 25.9 Å². The second kappa shape index (κ2) is 9.37. The normalized spacial score (nSPS) is 13.2. The Hall–Kier alpha value is -0.860. The van der Waals surface area contributed by atoms with Crippen LogP contribution in [0.4, 0.5) is 0 Å². The second-order valence-corrected chi connectivity index (χ2v) is 4.16. The Kier molecular flexibility index (Phi) is 8.87. The number of methoxy groups -OCH3 is 1. The first-order valence-electron chi connectivity index (χ1n) is 5.77. The Balaban J connectivity index is 3.78. The summed E-state index contributed by atoms with van der Waals surface area (Å²) < 4.78 is 5.04. The van der Waals surface area contributed by atoms with Crippen LogP contribution in [-0.2, 0) is 4.74 Å². The summed E-state index contributed by atoms with van der Waals surface area (Å²) in [5.74, 6) is 0.515. The summed E-state index contributed by atoms with van der Waals surface area (Å²) >= 11 is 0. The summed E-state index contributed by atoms with van der Waals surface area (Å²) in [7, 11) is 3.85. The highest BCUT2D eigenvalue weighted by Gasteiger charge is 2.05. The molecule has 0 aliphatic heterocycles. The molecule has 0 aliphatic carbocycles. The summed E-state index contributed by atoms with van der Waals surface area (Å²) in [5.41, 5.74) is 1.17. The van der Waals surface area contributed by atoms with E-state index in [1.807, 2.05) is 12.2 Å². The monoisotopic (exact) mass is 223 g/mol. The van der Waals surface area contributed by atoms with Gasteiger partial charge in [0, 0.05) is 13.7 Å². The van der Waals surface area contributed by atoms with Crippen LogP contribution in [0.3, 0.4) is 0 Å². The summed E-state index contributed by atoms with van der Waals surface area (Å²) in [6.07, 6.45) is 6.88. The predicted octanol–water partition coefficient (Wildman–Crippen LogP) is 2.89. The van der Waals surface area contributed by atoms with Gasteiger partial charge in [-0.3, -0.25) is 0 Å². The lowest BCUT2D eigenvalue weighted by Crippen LogP contribution is -2.25. The van der Waals surface area contributed by atoms with Gasteiger partial charge in [0.05, 0.1) is 6.61 Å². The average molecular weight is 223 g/mol. The van der Waals surface area contributed by atoms with Crippen molar-refractivity contribution in [2.45, 2.75) is 13.3 Å². The predicted molar refractivity (Wildman–Crippen MR) is 71.6 cm³/mol. The Morgan fingerprint density at radius 3 is 2.69 bits per heavy atom. The highest BCUT2D eigenvalue weighted by atomic mass is 16.5. The van der Waals surface area contributed by atoms with E-state index in [1.165, 1.54) is 5.57 Å². The van der Waals surface area contributed by atoms with Crippen LogP contribution in [0.15, 0.2) is 37.0 Å². The molecule has 0 aromatic carbocycles. The molecule has 2 nitrogen and oxygen atoms in total. The molecule has 0 fully saturated rings. The molecule has 0 amide bonds. The first-order chi connectivity index (χ1) is 7.61. The zero-order valence-electron chi connectivity index (χ0n) is 10.9. The van der Waals surface area contributed by atoms with Gasteiger partial charge in [0.25, 0.3) is 0 Å². The Morgan fingerprint density at radius 2 is 2.12 bits per heavy atom. The highest BCUT2D eigenvalue weighted by molar-refractivity contribution is 5.20.